The largest absolute Gasteiger partial charge is 0.497 e. The second-order valence-corrected chi connectivity index (χ2v) is 5.61. The molecule has 28 heavy (non-hydrogen) atoms. The lowest BCUT2D eigenvalue weighted by Gasteiger charge is -2.14. The number of rotatable bonds is 8. The molecule has 0 fully saturated rings. The summed E-state index contributed by atoms with van der Waals surface area (Å²) in [6.07, 6.45) is 5.26. The van der Waals surface area contributed by atoms with Crippen molar-refractivity contribution in [1.29, 1.82) is 0 Å². The van der Waals surface area contributed by atoms with Gasteiger partial charge in [0.15, 0.2) is 17.5 Å². The Bertz CT molecular complexity index is 802. The van der Waals surface area contributed by atoms with Crippen molar-refractivity contribution in [1.82, 2.24) is 10.6 Å². The molecule has 6 nitrogen and oxygen atoms in total. The zero-order valence-corrected chi connectivity index (χ0v) is 18.7. The summed E-state index contributed by atoms with van der Waals surface area (Å²) in [6.45, 7) is 1.43. The number of nitrogens with zero attached hydrogens (tertiary/aromatic N) is 1. The number of terminal acetylenes is 1. The fourth-order valence-electron chi connectivity index (χ4n) is 2.40. The Kier molecular flexibility index (Phi) is 10.7. The number of methoxy groups -OCH3 is 2. The highest BCUT2D eigenvalue weighted by Gasteiger charge is 2.06. The van der Waals surface area contributed by atoms with Crippen LogP contribution in [0.3, 0.4) is 0 Å². The normalized spacial score (nSPS) is 10.3. The van der Waals surface area contributed by atoms with Crippen LogP contribution < -0.4 is 24.8 Å². The van der Waals surface area contributed by atoms with Crippen LogP contribution in [0.4, 0.5) is 0 Å². The molecule has 0 saturated heterocycles. The van der Waals surface area contributed by atoms with Gasteiger partial charge in [-0.2, -0.15) is 0 Å². The predicted molar refractivity (Wildman–Crippen MR) is 123 cm³/mol. The fraction of sp³-hybridized carbons (Fsp3) is 0.286. The van der Waals surface area contributed by atoms with Gasteiger partial charge in [-0.05, 0) is 35.4 Å². The van der Waals surface area contributed by atoms with Crippen LogP contribution in [0.5, 0.6) is 17.2 Å². The molecule has 2 N–H and O–H groups in total. The Morgan fingerprint density at radius 3 is 2.18 bits per heavy atom. The first-order chi connectivity index (χ1) is 13.2. The van der Waals surface area contributed by atoms with Crippen molar-refractivity contribution in [3.63, 3.8) is 0 Å². The van der Waals surface area contributed by atoms with Crippen LogP contribution in [-0.4, -0.2) is 33.8 Å². The lowest BCUT2D eigenvalue weighted by atomic mass is 10.2. The van der Waals surface area contributed by atoms with Crippen LogP contribution in [0.1, 0.15) is 11.1 Å². The number of hydrogen-bond acceptors (Lipinski definition) is 4. The molecule has 0 saturated carbocycles. The number of guanidine groups is 1. The molecule has 150 valence electrons. The maximum absolute atomic E-state index is 5.53. The Balaban J connectivity index is 0.00000392. The number of nitrogens with one attached hydrogen (secondary N) is 2. The first kappa shape index (κ1) is 23.4. The average Bonchev–Trinajstić information content (AvgIpc) is 2.72. The molecule has 7 heteroatoms. The summed E-state index contributed by atoms with van der Waals surface area (Å²) in [5.41, 5.74) is 2.16. The van der Waals surface area contributed by atoms with Crippen molar-refractivity contribution >= 4 is 29.9 Å². The van der Waals surface area contributed by atoms with E-state index in [0.717, 1.165) is 16.9 Å². The summed E-state index contributed by atoms with van der Waals surface area (Å²) in [6, 6.07) is 13.6. The highest BCUT2D eigenvalue weighted by atomic mass is 127. The number of ether oxygens (including phenoxy) is 3. The van der Waals surface area contributed by atoms with Crippen molar-refractivity contribution in [2.45, 2.75) is 13.1 Å². The van der Waals surface area contributed by atoms with E-state index in [2.05, 4.69) is 21.5 Å². The van der Waals surface area contributed by atoms with Crippen LogP contribution in [-0.2, 0) is 13.1 Å². The van der Waals surface area contributed by atoms with Gasteiger partial charge in [-0.25, -0.2) is 0 Å². The molecule has 0 spiro atoms. The Morgan fingerprint density at radius 1 is 0.964 bits per heavy atom. The van der Waals surface area contributed by atoms with E-state index < -0.39 is 0 Å². The molecule has 0 radical (unpaired) electrons. The molecule has 0 unspecified atom stereocenters. The van der Waals surface area contributed by atoms with E-state index in [1.54, 1.807) is 21.3 Å². The fourth-order valence-corrected chi connectivity index (χ4v) is 2.40. The quantitative estimate of drug-likeness (QED) is 0.255. The standard InChI is InChI=1S/C21H25N3O3.HI/c1-5-12-27-20-13-17(8-11-19(20)26-4)15-24-21(22-2)23-14-16-6-9-18(25-3)10-7-16;/h1,6-11,13H,12,14-15H2,2-4H3,(H2,22,23,24);1H. The first-order valence-corrected chi connectivity index (χ1v) is 8.50. The molecule has 0 aliphatic heterocycles. The van der Waals surface area contributed by atoms with E-state index in [1.165, 1.54) is 0 Å². The number of hydrogen-bond donors (Lipinski definition) is 2. The van der Waals surface area contributed by atoms with Crippen molar-refractivity contribution < 1.29 is 14.2 Å². The smallest absolute Gasteiger partial charge is 0.191 e. The highest BCUT2D eigenvalue weighted by molar-refractivity contribution is 14.0. The topological polar surface area (TPSA) is 64.1 Å². The summed E-state index contributed by atoms with van der Waals surface area (Å²) in [5.74, 6) is 5.26. The molecule has 2 aromatic rings. The Morgan fingerprint density at radius 2 is 1.61 bits per heavy atom. The average molecular weight is 495 g/mol. The van der Waals surface area contributed by atoms with E-state index in [9.17, 15) is 0 Å². The van der Waals surface area contributed by atoms with E-state index in [0.29, 0.717) is 30.5 Å². The minimum atomic E-state index is 0. The van der Waals surface area contributed by atoms with Gasteiger partial charge in [0.05, 0.1) is 14.2 Å². The number of halogens is 1. The zero-order chi connectivity index (χ0) is 19.5. The van der Waals surface area contributed by atoms with Crippen LogP contribution in [0.2, 0.25) is 0 Å². The third-order valence-electron chi connectivity index (χ3n) is 3.84. The minimum Gasteiger partial charge on any atom is -0.497 e. The van der Waals surface area contributed by atoms with Gasteiger partial charge in [0.2, 0.25) is 0 Å². The Labute approximate surface area is 183 Å². The molecule has 0 amide bonds. The monoisotopic (exact) mass is 495 g/mol. The summed E-state index contributed by atoms with van der Waals surface area (Å²) in [4.78, 5) is 4.24. The van der Waals surface area contributed by atoms with Crippen LogP contribution in [0.25, 0.3) is 0 Å². The van der Waals surface area contributed by atoms with Crippen molar-refractivity contribution in [3.8, 4) is 29.6 Å². The van der Waals surface area contributed by atoms with Gasteiger partial charge in [0, 0.05) is 20.1 Å². The SMILES string of the molecule is C#CCOc1cc(CNC(=NC)NCc2ccc(OC)cc2)ccc1OC.I. The molecule has 0 aromatic heterocycles. The van der Waals surface area contributed by atoms with Crippen LogP contribution in [0.15, 0.2) is 47.5 Å². The molecule has 0 aliphatic rings. The second-order valence-electron chi connectivity index (χ2n) is 5.61. The number of aliphatic imine (C=N–C) groups is 1. The molecule has 0 atom stereocenters. The van der Waals surface area contributed by atoms with E-state index in [4.69, 9.17) is 20.6 Å². The predicted octanol–water partition coefficient (Wildman–Crippen LogP) is 3.20. The molecular formula is C21H26IN3O3. The van der Waals surface area contributed by atoms with Gasteiger partial charge in [0.25, 0.3) is 0 Å². The van der Waals surface area contributed by atoms with E-state index in [-0.39, 0.29) is 30.6 Å². The van der Waals surface area contributed by atoms with E-state index >= 15 is 0 Å². The van der Waals surface area contributed by atoms with Crippen molar-refractivity contribution in [2.75, 3.05) is 27.9 Å². The van der Waals surface area contributed by atoms with Crippen LogP contribution in [0, 0.1) is 12.3 Å². The summed E-state index contributed by atoms with van der Waals surface area (Å²) in [5, 5.41) is 6.56. The van der Waals surface area contributed by atoms with Gasteiger partial charge in [0.1, 0.15) is 12.4 Å². The lowest BCUT2D eigenvalue weighted by Crippen LogP contribution is -2.36. The van der Waals surface area contributed by atoms with E-state index in [1.807, 2.05) is 42.5 Å². The van der Waals surface area contributed by atoms with Gasteiger partial charge >= 0.3 is 0 Å². The van der Waals surface area contributed by atoms with Gasteiger partial charge < -0.3 is 24.8 Å². The number of benzene rings is 2. The zero-order valence-electron chi connectivity index (χ0n) is 16.3. The minimum absolute atomic E-state index is 0. The lowest BCUT2D eigenvalue weighted by molar-refractivity contribution is 0.330. The third kappa shape index (κ3) is 7.19. The molecular weight excluding hydrogens is 469 g/mol. The van der Waals surface area contributed by atoms with Crippen molar-refractivity contribution in [2.24, 2.45) is 4.99 Å². The maximum Gasteiger partial charge on any atom is 0.191 e. The van der Waals surface area contributed by atoms with Gasteiger partial charge in [-0.1, -0.05) is 24.1 Å². The summed E-state index contributed by atoms with van der Waals surface area (Å²) in [7, 11) is 4.99. The Hall–Kier alpha value is -2.60. The summed E-state index contributed by atoms with van der Waals surface area (Å²) >= 11 is 0. The molecule has 2 aromatic carbocycles. The van der Waals surface area contributed by atoms with Crippen molar-refractivity contribution in [3.05, 3.63) is 53.6 Å². The van der Waals surface area contributed by atoms with Gasteiger partial charge in [-0.3, -0.25) is 4.99 Å². The van der Waals surface area contributed by atoms with Gasteiger partial charge in [-0.15, -0.1) is 30.4 Å². The molecule has 2 rings (SSSR count). The molecule has 0 bridgehead atoms. The third-order valence-corrected chi connectivity index (χ3v) is 3.84. The molecule has 0 aliphatic carbocycles. The van der Waals surface area contributed by atoms with Crippen LogP contribution >= 0.6 is 24.0 Å². The first-order valence-electron chi connectivity index (χ1n) is 8.50. The highest BCUT2D eigenvalue weighted by Crippen LogP contribution is 2.27. The summed E-state index contributed by atoms with van der Waals surface area (Å²) < 4.78 is 16.0. The maximum atomic E-state index is 5.53. The molecule has 0 heterocycles. The second kappa shape index (κ2) is 12.7.